The van der Waals surface area contributed by atoms with Crippen LogP contribution < -0.4 is 0 Å². The Kier molecular flexibility index (Phi) is 4.00. The lowest BCUT2D eigenvalue weighted by Gasteiger charge is -2.38. The van der Waals surface area contributed by atoms with E-state index in [4.69, 9.17) is 4.74 Å². The maximum atomic E-state index is 11.6. The normalized spacial score (nSPS) is 13.9. The van der Waals surface area contributed by atoms with E-state index in [1.165, 1.54) is 0 Å². The van der Waals surface area contributed by atoms with Crippen molar-refractivity contribution in [1.82, 2.24) is 0 Å². The van der Waals surface area contributed by atoms with Crippen molar-refractivity contribution in [2.45, 2.75) is 55.4 Å². The summed E-state index contributed by atoms with van der Waals surface area (Å²) in [6, 6.07) is 0. The van der Waals surface area contributed by atoms with E-state index in [0.29, 0.717) is 6.61 Å². The Morgan fingerprint density at radius 2 is 1.33 bits per heavy atom. The minimum Gasteiger partial charge on any atom is -0.465 e. The van der Waals surface area contributed by atoms with Crippen molar-refractivity contribution in [3.63, 3.8) is 0 Å². The topological polar surface area (TPSA) is 26.3 Å². The highest BCUT2D eigenvalue weighted by Gasteiger charge is 2.35. The molecule has 0 bridgehead atoms. The monoisotopic (exact) mass is 214 g/mol. The van der Waals surface area contributed by atoms with Crippen LogP contribution in [0, 0.1) is 16.2 Å². The molecular formula is C13H26O2. The molecular weight excluding hydrogens is 188 g/mol. The molecule has 0 spiro atoms. The summed E-state index contributed by atoms with van der Waals surface area (Å²) in [5.41, 5.74) is -0.285. The highest BCUT2D eigenvalue weighted by Crippen LogP contribution is 2.38. The number of hydrogen-bond acceptors (Lipinski definition) is 2. The van der Waals surface area contributed by atoms with Crippen LogP contribution in [0.15, 0.2) is 0 Å². The highest BCUT2D eigenvalue weighted by atomic mass is 16.5. The van der Waals surface area contributed by atoms with Gasteiger partial charge in [-0.2, -0.15) is 0 Å². The van der Waals surface area contributed by atoms with Gasteiger partial charge in [-0.1, -0.05) is 34.6 Å². The molecule has 0 aliphatic carbocycles. The van der Waals surface area contributed by atoms with Gasteiger partial charge in [0.1, 0.15) is 0 Å². The third kappa shape index (κ3) is 4.23. The molecule has 0 saturated heterocycles. The maximum Gasteiger partial charge on any atom is 0.311 e. The molecule has 0 aromatic heterocycles. The van der Waals surface area contributed by atoms with Crippen LogP contribution in [-0.4, -0.2) is 12.6 Å². The summed E-state index contributed by atoms with van der Waals surface area (Å²) >= 11 is 0. The van der Waals surface area contributed by atoms with Crippen molar-refractivity contribution >= 4 is 5.97 Å². The summed E-state index contributed by atoms with van der Waals surface area (Å²) in [5.74, 6) is -0.125. The molecule has 0 rings (SSSR count). The van der Waals surface area contributed by atoms with Gasteiger partial charge in [-0.15, -0.1) is 0 Å². The molecule has 0 unspecified atom stereocenters. The Bertz CT molecular complexity index is 226. The predicted octanol–water partition coefficient (Wildman–Crippen LogP) is 3.65. The lowest BCUT2D eigenvalue weighted by Crippen LogP contribution is -2.36. The van der Waals surface area contributed by atoms with Gasteiger partial charge in [-0.05, 0) is 26.2 Å². The molecule has 0 N–H and O–H groups in total. The van der Waals surface area contributed by atoms with E-state index in [-0.39, 0.29) is 16.8 Å². The van der Waals surface area contributed by atoms with Crippen molar-refractivity contribution in [3.05, 3.63) is 0 Å². The quantitative estimate of drug-likeness (QED) is 0.656. The van der Waals surface area contributed by atoms with Gasteiger partial charge in [0.15, 0.2) is 0 Å². The molecule has 15 heavy (non-hydrogen) atoms. The third-order valence-electron chi connectivity index (χ3n) is 3.21. The molecule has 0 amide bonds. The first kappa shape index (κ1) is 14.5. The Morgan fingerprint density at radius 3 is 1.60 bits per heavy atom. The molecule has 0 aliphatic heterocycles. The van der Waals surface area contributed by atoms with Crippen LogP contribution in [0.25, 0.3) is 0 Å². The number of esters is 1. The fourth-order valence-electron chi connectivity index (χ4n) is 0.679. The SMILES string of the molecule is CC(C)(C)C(=O)OCC(C)(C)C(C)(C)C. The summed E-state index contributed by atoms with van der Waals surface area (Å²) in [6.07, 6.45) is 0. The second-order valence-electron chi connectivity index (χ2n) is 6.96. The Hall–Kier alpha value is -0.530. The summed E-state index contributed by atoms with van der Waals surface area (Å²) in [4.78, 5) is 11.6. The fourth-order valence-corrected chi connectivity index (χ4v) is 0.679. The average molecular weight is 214 g/mol. The second kappa shape index (κ2) is 4.15. The lowest BCUT2D eigenvalue weighted by molar-refractivity contribution is -0.158. The van der Waals surface area contributed by atoms with E-state index < -0.39 is 5.41 Å². The molecule has 2 nitrogen and oxygen atoms in total. The third-order valence-corrected chi connectivity index (χ3v) is 3.21. The zero-order valence-electron chi connectivity index (χ0n) is 11.5. The van der Waals surface area contributed by atoms with Gasteiger partial charge >= 0.3 is 5.97 Å². The lowest BCUT2D eigenvalue weighted by atomic mass is 9.70. The fraction of sp³-hybridized carbons (Fsp3) is 0.923. The smallest absolute Gasteiger partial charge is 0.311 e. The molecule has 0 aliphatic rings. The Morgan fingerprint density at radius 1 is 0.933 bits per heavy atom. The van der Waals surface area contributed by atoms with Crippen LogP contribution in [0.2, 0.25) is 0 Å². The van der Waals surface area contributed by atoms with Crippen LogP contribution in [0.4, 0.5) is 0 Å². The predicted molar refractivity (Wildman–Crippen MR) is 63.7 cm³/mol. The zero-order valence-corrected chi connectivity index (χ0v) is 11.5. The van der Waals surface area contributed by atoms with E-state index in [2.05, 4.69) is 34.6 Å². The van der Waals surface area contributed by atoms with E-state index in [1.807, 2.05) is 20.8 Å². The van der Waals surface area contributed by atoms with E-state index in [9.17, 15) is 4.79 Å². The number of ether oxygens (including phenoxy) is 1. The Labute approximate surface area is 94.4 Å². The largest absolute Gasteiger partial charge is 0.465 e. The van der Waals surface area contributed by atoms with Gasteiger partial charge in [0, 0.05) is 5.41 Å². The van der Waals surface area contributed by atoms with Crippen molar-refractivity contribution in [1.29, 1.82) is 0 Å². The van der Waals surface area contributed by atoms with Gasteiger partial charge in [-0.3, -0.25) is 4.79 Å². The van der Waals surface area contributed by atoms with Gasteiger partial charge < -0.3 is 4.74 Å². The molecule has 0 atom stereocenters. The van der Waals surface area contributed by atoms with Gasteiger partial charge in [-0.25, -0.2) is 0 Å². The van der Waals surface area contributed by atoms with Crippen LogP contribution in [0.1, 0.15) is 55.4 Å². The molecule has 0 aromatic rings. The minimum absolute atomic E-state index is 0.00604. The molecule has 0 aromatic carbocycles. The highest BCUT2D eigenvalue weighted by molar-refractivity contribution is 5.75. The summed E-state index contributed by atoms with van der Waals surface area (Å²) in [5, 5.41) is 0. The molecule has 0 fully saturated rings. The molecule has 2 heteroatoms. The molecule has 0 heterocycles. The van der Waals surface area contributed by atoms with Crippen LogP contribution in [-0.2, 0) is 9.53 Å². The number of rotatable bonds is 2. The first-order valence-electron chi connectivity index (χ1n) is 5.55. The average Bonchev–Trinajstić information content (AvgIpc) is 1.96. The van der Waals surface area contributed by atoms with E-state index in [1.54, 1.807) is 0 Å². The molecule has 0 radical (unpaired) electrons. The summed E-state index contributed by atoms with van der Waals surface area (Å²) in [7, 11) is 0. The minimum atomic E-state index is -0.409. The van der Waals surface area contributed by atoms with Gasteiger partial charge in [0.25, 0.3) is 0 Å². The molecule has 90 valence electrons. The number of carbonyl (C=O) groups excluding carboxylic acids is 1. The Balaban J connectivity index is 4.36. The standard InChI is InChI=1S/C13H26O2/c1-11(2,3)10(14)15-9-13(7,8)12(4,5)6/h9H2,1-8H3. The summed E-state index contributed by atoms with van der Waals surface area (Å²) in [6.45, 7) is 16.9. The van der Waals surface area contributed by atoms with Crippen molar-refractivity contribution < 1.29 is 9.53 Å². The van der Waals surface area contributed by atoms with Gasteiger partial charge in [0.05, 0.1) is 12.0 Å². The van der Waals surface area contributed by atoms with Crippen molar-refractivity contribution in [3.8, 4) is 0 Å². The van der Waals surface area contributed by atoms with E-state index in [0.717, 1.165) is 0 Å². The summed E-state index contributed by atoms with van der Waals surface area (Å²) < 4.78 is 5.36. The maximum absolute atomic E-state index is 11.6. The van der Waals surface area contributed by atoms with Gasteiger partial charge in [0.2, 0.25) is 0 Å². The molecule has 0 saturated carbocycles. The zero-order chi connectivity index (χ0) is 12.5. The number of carbonyl (C=O) groups is 1. The first-order valence-corrected chi connectivity index (χ1v) is 5.55. The van der Waals surface area contributed by atoms with Crippen molar-refractivity contribution in [2.75, 3.05) is 6.61 Å². The second-order valence-corrected chi connectivity index (χ2v) is 6.96. The van der Waals surface area contributed by atoms with E-state index >= 15 is 0 Å². The van der Waals surface area contributed by atoms with Crippen LogP contribution >= 0.6 is 0 Å². The van der Waals surface area contributed by atoms with Crippen LogP contribution in [0.5, 0.6) is 0 Å². The van der Waals surface area contributed by atoms with Crippen LogP contribution in [0.3, 0.4) is 0 Å². The van der Waals surface area contributed by atoms with Crippen molar-refractivity contribution in [2.24, 2.45) is 16.2 Å². The first-order chi connectivity index (χ1) is 6.38. The number of hydrogen-bond donors (Lipinski definition) is 0.